The minimum Gasteiger partial charge on any atom is -0.451 e. The van der Waals surface area contributed by atoms with Gasteiger partial charge in [-0.1, -0.05) is 25.1 Å². The van der Waals surface area contributed by atoms with Gasteiger partial charge in [-0.15, -0.1) is 0 Å². The SMILES string of the molecule is CC1CC[NH+](CNC(=O)c2cc3ccccc3o2)CC1. The summed E-state index contributed by atoms with van der Waals surface area (Å²) in [5, 5.41) is 3.94. The lowest BCUT2D eigenvalue weighted by Crippen LogP contribution is -3.14. The van der Waals surface area contributed by atoms with E-state index >= 15 is 0 Å². The fraction of sp³-hybridized carbons (Fsp3) is 0.438. The first-order valence-corrected chi connectivity index (χ1v) is 7.33. The van der Waals surface area contributed by atoms with E-state index in [1.807, 2.05) is 24.3 Å². The molecule has 0 radical (unpaired) electrons. The monoisotopic (exact) mass is 273 g/mol. The van der Waals surface area contributed by atoms with Crippen molar-refractivity contribution in [1.82, 2.24) is 5.32 Å². The van der Waals surface area contributed by atoms with E-state index in [-0.39, 0.29) is 5.91 Å². The number of fused-ring (bicyclic) bond motifs is 1. The molecule has 1 aromatic heterocycles. The first-order valence-electron chi connectivity index (χ1n) is 7.33. The predicted molar refractivity (Wildman–Crippen MR) is 77.6 cm³/mol. The molecule has 1 aliphatic rings. The molecule has 1 amide bonds. The Morgan fingerprint density at radius 3 is 2.85 bits per heavy atom. The highest BCUT2D eigenvalue weighted by molar-refractivity contribution is 5.95. The number of rotatable bonds is 3. The Kier molecular flexibility index (Phi) is 3.74. The molecule has 0 unspecified atom stereocenters. The lowest BCUT2D eigenvalue weighted by Gasteiger charge is -2.27. The molecule has 0 aliphatic carbocycles. The summed E-state index contributed by atoms with van der Waals surface area (Å²) in [4.78, 5) is 13.6. The summed E-state index contributed by atoms with van der Waals surface area (Å²) in [6.07, 6.45) is 2.49. The Labute approximate surface area is 118 Å². The third kappa shape index (κ3) is 2.85. The molecule has 0 saturated carbocycles. The first kappa shape index (κ1) is 13.2. The van der Waals surface area contributed by atoms with E-state index in [2.05, 4.69) is 12.2 Å². The van der Waals surface area contributed by atoms with Gasteiger partial charge >= 0.3 is 0 Å². The van der Waals surface area contributed by atoms with Crippen LogP contribution in [0.25, 0.3) is 11.0 Å². The summed E-state index contributed by atoms with van der Waals surface area (Å²) in [5.74, 6) is 1.10. The van der Waals surface area contributed by atoms with E-state index in [1.165, 1.54) is 17.7 Å². The highest BCUT2D eigenvalue weighted by Gasteiger charge is 2.20. The summed E-state index contributed by atoms with van der Waals surface area (Å²) in [5.41, 5.74) is 0.761. The third-order valence-corrected chi connectivity index (χ3v) is 4.13. The van der Waals surface area contributed by atoms with E-state index in [1.54, 1.807) is 6.07 Å². The standard InChI is InChI=1S/C16H20N2O2/c1-12-6-8-18(9-7-12)11-17-16(19)15-10-13-4-2-3-5-14(13)20-15/h2-5,10,12H,6-9,11H2,1H3,(H,17,19)/p+1. The molecule has 1 saturated heterocycles. The zero-order valence-electron chi connectivity index (χ0n) is 11.8. The average Bonchev–Trinajstić information content (AvgIpc) is 2.90. The lowest BCUT2D eigenvalue weighted by molar-refractivity contribution is -0.907. The van der Waals surface area contributed by atoms with Crippen molar-refractivity contribution in [2.45, 2.75) is 19.8 Å². The lowest BCUT2D eigenvalue weighted by atomic mass is 10.00. The number of furan rings is 1. The van der Waals surface area contributed by atoms with Crippen molar-refractivity contribution in [1.29, 1.82) is 0 Å². The Morgan fingerprint density at radius 1 is 1.35 bits per heavy atom. The smallest absolute Gasteiger partial charge is 0.291 e. The molecule has 0 bridgehead atoms. The molecular formula is C16H21N2O2+. The number of amides is 1. The highest BCUT2D eigenvalue weighted by atomic mass is 16.3. The van der Waals surface area contributed by atoms with E-state index in [0.717, 1.165) is 30.0 Å². The summed E-state index contributed by atoms with van der Waals surface area (Å²) < 4.78 is 5.57. The Balaban J connectivity index is 1.59. The van der Waals surface area contributed by atoms with Crippen LogP contribution in [0.4, 0.5) is 0 Å². The fourth-order valence-electron chi connectivity index (χ4n) is 2.73. The van der Waals surface area contributed by atoms with Gasteiger partial charge in [-0.05, 0) is 30.9 Å². The van der Waals surface area contributed by atoms with Crippen LogP contribution >= 0.6 is 0 Å². The van der Waals surface area contributed by atoms with Gasteiger partial charge in [-0.25, -0.2) is 0 Å². The molecule has 3 rings (SSSR count). The predicted octanol–water partition coefficient (Wildman–Crippen LogP) is 1.43. The normalized spacial score (nSPS) is 22.9. The molecule has 106 valence electrons. The number of hydrogen-bond acceptors (Lipinski definition) is 2. The molecule has 4 nitrogen and oxygen atoms in total. The highest BCUT2D eigenvalue weighted by Crippen LogP contribution is 2.18. The molecule has 4 heteroatoms. The van der Waals surface area contributed by atoms with Gasteiger partial charge in [0.25, 0.3) is 5.91 Å². The molecule has 1 aliphatic heterocycles. The number of likely N-dealkylation sites (tertiary alicyclic amines) is 1. The number of hydrogen-bond donors (Lipinski definition) is 2. The summed E-state index contributed by atoms with van der Waals surface area (Å²) in [6.45, 7) is 5.26. The average molecular weight is 273 g/mol. The number of para-hydroxylation sites is 1. The maximum absolute atomic E-state index is 12.1. The van der Waals surface area contributed by atoms with Gasteiger partial charge in [0.05, 0.1) is 13.1 Å². The molecule has 0 atom stereocenters. The zero-order chi connectivity index (χ0) is 13.9. The Hall–Kier alpha value is -1.81. The van der Waals surface area contributed by atoms with Crippen LogP contribution < -0.4 is 10.2 Å². The maximum Gasteiger partial charge on any atom is 0.291 e. The van der Waals surface area contributed by atoms with Gasteiger partial charge in [0.15, 0.2) is 12.4 Å². The number of carbonyl (C=O) groups is 1. The van der Waals surface area contributed by atoms with Gasteiger partial charge in [0.2, 0.25) is 0 Å². The van der Waals surface area contributed by atoms with Crippen LogP contribution in [0.1, 0.15) is 30.3 Å². The van der Waals surface area contributed by atoms with Gasteiger partial charge in [-0.2, -0.15) is 0 Å². The van der Waals surface area contributed by atoms with E-state index in [9.17, 15) is 4.79 Å². The quantitative estimate of drug-likeness (QED) is 0.889. The number of piperidine rings is 1. The van der Waals surface area contributed by atoms with Gasteiger partial charge in [0.1, 0.15) is 5.58 Å². The fourth-order valence-corrected chi connectivity index (χ4v) is 2.73. The molecule has 0 spiro atoms. The molecule has 2 heterocycles. The zero-order valence-corrected chi connectivity index (χ0v) is 11.8. The van der Waals surface area contributed by atoms with Crippen molar-refractivity contribution in [2.24, 2.45) is 5.92 Å². The number of carbonyl (C=O) groups excluding carboxylic acids is 1. The van der Waals surface area contributed by atoms with Crippen molar-refractivity contribution in [3.8, 4) is 0 Å². The molecule has 20 heavy (non-hydrogen) atoms. The van der Waals surface area contributed by atoms with Crippen molar-refractivity contribution in [3.63, 3.8) is 0 Å². The topological polar surface area (TPSA) is 46.7 Å². The van der Waals surface area contributed by atoms with Crippen molar-refractivity contribution < 1.29 is 14.1 Å². The number of nitrogens with one attached hydrogen (secondary N) is 2. The second kappa shape index (κ2) is 5.67. The van der Waals surface area contributed by atoms with Gasteiger partial charge in [-0.3, -0.25) is 4.79 Å². The second-order valence-electron chi connectivity index (χ2n) is 5.76. The summed E-state index contributed by atoms with van der Waals surface area (Å²) >= 11 is 0. The van der Waals surface area contributed by atoms with Crippen LogP contribution in [0.5, 0.6) is 0 Å². The molecule has 1 fully saturated rings. The Morgan fingerprint density at radius 2 is 2.10 bits per heavy atom. The van der Waals surface area contributed by atoms with Gasteiger partial charge in [0, 0.05) is 5.39 Å². The summed E-state index contributed by atoms with van der Waals surface area (Å²) in [6, 6.07) is 9.49. The summed E-state index contributed by atoms with van der Waals surface area (Å²) in [7, 11) is 0. The van der Waals surface area contributed by atoms with Crippen molar-refractivity contribution >= 4 is 16.9 Å². The largest absolute Gasteiger partial charge is 0.451 e. The Bertz CT molecular complexity index is 564. The second-order valence-corrected chi connectivity index (χ2v) is 5.76. The number of benzene rings is 1. The van der Waals surface area contributed by atoms with E-state index < -0.39 is 0 Å². The van der Waals surface area contributed by atoms with Crippen LogP contribution in [0.3, 0.4) is 0 Å². The minimum absolute atomic E-state index is 0.118. The maximum atomic E-state index is 12.1. The molecular weight excluding hydrogens is 252 g/mol. The van der Waals surface area contributed by atoms with Crippen LogP contribution in [-0.2, 0) is 0 Å². The van der Waals surface area contributed by atoms with E-state index in [0.29, 0.717) is 12.4 Å². The van der Waals surface area contributed by atoms with Crippen LogP contribution in [0.2, 0.25) is 0 Å². The van der Waals surface area contributed by atoms with Crippen LogP contribution in [0.15, 0.2) is 34.7 Å². The van der Waals surface area contributed by atoms with Crippen molar-refractivity contribution in [2.75, 3.05) is 19.8 Å². The third-order valence-electron chi connectivity index (χ3n) is 4.13. The first-order chi connectivity index (χ1) is 9.72. The molecule has 2 N–H and O–H groups in total. The van der Waals surface area contributed by atoms with E-state index in [4.69, 9.17) is 4.42 Å². The number of quaternary nitrogens is 1. The molecule has 2 aromatic rings. The van der Waals surface area contributed by atoms with Crippen molar-refractivity contribution in [3.05, 3.63) is 36.1 Å². The van der Waals surface area contributed by atoms with Gasteiger partial charge < -0.3 is 14.6 Å². The minimum atomic E-state index is -0.118. The van der Waals surface area contributed by atoms with Crippen LogP contribution in [0, 0.1) is 5.92 Å². The molecule has 1 aromatic carbocycles. The van der Waals surface area contributed by atoms with Crippen LogP contribution in [-0.4, -0.2) is 25.7 Å².